The smallest absolute Gasteiger partial charge is 0.344 e. The van der Waals surface area contributed by atoms with Crippen LogP contribution in [0.5, 0.6) is 0 Å². The van der Waals surface area contributed by atoms with Crippen LogP contribution in [0.2, 0.25) is 0 Å². The molecule has 0 radical (unpaired) electrons. The summed E-state index contributed by atoms with van der Waals surface area (Å²) < 4.78 is 9.57. The lowest BCUT2D eigenvalue weighted by molar-refractivity contribution is -0.290. The molecule has 0 saturated carbocycles. The van der Waals surface area contributed by atoms with Gasteiger partial charge in [-0.2, -0.15) is 0 Å². The average molecular weight is 402 g/mol. The minimum absolute atomic E-state index is 0.129. The number of esters is 2. The Morgan fingerprint density at radius 2 is 1.32 bits per heavy atom. The van der Waals surface area contributed by atoms with Gasteiger partial charge in [0, 0.05) is 6.61 Å². The topological polar surface area (TPSA) is 130 Å². The van der Waals surface area contributed by atoms with Gasteiger partial charge in [0.1, 0.15) is 0 Å². The number of cyclic esters (lactones) is 2. The zero-order valence-corrected chi connectivity index (χ0v) is 16.7. The minimum Gasteiger partial charge on any atom is -0.391 e. The van der Waals surface area contributed by atoms with Gasteiger partial charge in [-0.15, -0.1) is 0 Å². The van der Waals surface area contributed by atoms with Crippen LogP contribution >= 0.6 is 0 Å². The van der Waals surface area contributed by atoms with Crippen molar-refractivity contribution < 1.29 is 39.2 Å². The molecule has 8 heteroatoms. The SMILES string of the molecule is CCCCCCCCCCCCCCOC1C(=O)OC(=O)C1C(=O)C(O)(O)O. The Morgan fingerprint density at radius 3 is 1.79 bits per heavy atom. The summed E-state index contributed by atoms with van der Waals surface area (Å²) in [6.45, 7) is 2.34. The molecule has 0 aromatic heterocycles. The molecular weight excluding hydrogens is 368 g/mol. The summed E-state index contributed by atoms with van der Waals surface area (Å²) in [4.78, 5) is 34.8. The fourth-order valence-electron chi connectivity index (χ4n) is 3.25. The predicted octanol–water partition coefficient (Wildman–Crippen LogP) is 1.97. The number of hydrogen-bond donors (Lipinski definition) is 3. The highest BCUT2D eigenvalue weighted by atomic mass is 16.7. The Bertz CT molecular complexity index is 497. The molecule has 1 aliphatic rings. The quantitative estimate of drug-likeness (QED) is 0.155. The normalized spacial score (nSPS) is 19.9. The van der Waals surface area contributed by atoms with E-state index in [4.69, 9.17) is 20.1 Å². The molecule has 0 aromatic carbocycles. The van der Waals surface area contributed by atoms with Crippen LogP contribution in [0.1, 0.15) is 84.0 Å². The molecule has 1 fully saturated rings. The van der Waals surface area contributed by atoms with Crippen LogP contribution in [0, 0.1) is 5.92 Å². The fraction of sp³-hybridized carbons (Fsp3) is 0.850. The van der Waals surface area contributed by atoms with Crippen molar-refractivity contribution in [3.63, 3.8) is 0 Å². The summed E-state index contributed by atoms with van der Waals surface area (Å²) in [5, 5.41) is 26.8. The van der Waals surface area contributed by atoms with E-state index in [0.717, 1.165) is 19.3 Å². The van der Waals surface area contributed by atoms with Crippen LogP contribution in [0.15, 0.2) is 0 Å². The van der Waals surface area contributed by atoms with Gasteiger partial charge in [-0.25, -0.2) is 4.79 Å². The van der Waals surface area contributed by atoms with Crippen molar-refractivity contribution in [3.05, 3.63) is 0 Å². The van der Waals surface area contributed by atoms with Gasteiger partial charge in [-0.1, -0.05) is 77.6 Å². The Labute approximate surface area is 166 Å². The monoisotopic (exact) mass is 402 g/mol. The van der Waals surface area contributed by atoms with E-state index < -0.39 is 35.7 Å². The molecule has 1 saturated heterocycles. The number of ketones is 1. The molecule has 2 atom stereocenters. The number of carbonyl (C=O) groups excluding carboxylic acids is 3. The molecule has 0 amide bonds. The summed E-state index contributed by atoms with van der Waals surface area (Å²) in [6, 6.07) is 0. The molecule has 2 unspecified atom stereocenters. The summed E-state index contributed by atoms with van der Waals surface area (Å²) in [6.07, 6.45) is 12.4. The van der Waals surface area contributed by atoms with Crippen LogP contribution in [-0.2, 0) is 23.9 Å². The second kappa shape index (κ2) is 13.0. The summed E-state index contributed by atoms with van der Waals surface area (Å²) in [5.41, 5.74) is 0. The van der Waals surface area contributed by atoms with Crippen molar-refractivity contribution >= 4 is 17.7 Å². The van der Waals surface area contributed by atoms with Gasteiger partial charge in [0.05, 0.1) is 0 Å². The number of carbonyl (C=O) groups is 3. The van der Waals surface area contributed by atoms with Gasteiger partial charge in [0.25, 0.3) is 0 Å². The highest BCUT2D eigenvalue weighted by molar-refractivity contribution is 6.12. The second-order valence-corrected chi connectivity index (χ2v) is 7.40. The van der Waals surface area contributed by atoms with E-state index in [-0.39, 0.29) is 6.61 Å². The third-order valence-corrected chi connectivity index (χ3v) is 4.90. The standard InChI is InChI=1S/C20H34O8/c1-2-3-4-5-6-7-8-9-10-11-12-13-14-27-16-15(17(21)20(24,25)26)18(22)28-19(16)23/h15-16,24-26H,2-14H2,1H3. The maximum Gasteiger partial charge on any atom is 0.344 e. The largest absolute Gasteiger partial charge is 0.391 e. The van der Waals surface area contributed by atoms with Crippen molar-refractivity contribution in [2.24, 2.45) is 5.92 Å². The Morgan fingerprint density at radius 1 is 0.857 bits per heavy atom. The first-order valence-corrected chi connectivity index (χ1v) is 10.4. The van der Waals surface area contributed by atoms with Gasteiger partial charge >= 0.3 is 17.9 Å². The number of hydrogen-bond acceptors (Lipinski definition) is 8. The third kappa shape index (κ3) is 8.77. The van der Waals surface area contributed by atoms with E-state index in [1.807, 2.05) is 0 Å². The van der Waals surface area contributed by atoms with Gasteiger partial charge in [0.2, 0.25) is 5.78 Å². The maximum atomic E-state index is 11.7. The van der Waals surface area contributed by atoms with Crippen molar-refractivity contribution in [2.45, 2.75) is 96.1 Å². The van der Waals surface area contributed by atoms with Crippen molar-refractivity contribution in [2.75, 3.05) is 6.61 Å². The molecule has 0 spiro atoms. The Hall–Kier alpha value is -1.35. The number of Topliss-reactive ketones (excluding diaryl/α,β-unsaturated/α-hetero) is 1. The zero-order chi connectivity index (χ0) is 21.0. The molecule has 1 rings (SSSR count). The van der Waals surface area contributed by atoms with Crippen LogP contribution in [0.4, 0.5) is 0 Å². The average Bonchev–Trinajstić information content (AvgIpc) is 2.90. The molecule has 8 nitrogen and oxygen atoms in total. The molecule has 28 heavy (non-hydrogen) atoms. The number of ether oxygens (including phenoxy) is 2. The highest BCUT2D eigenvalue weighted by Crippen LogP contribution is 2.24. The van der Waals surface area contributed by atoms with E-state index in [0.29, 0.717) is 6.42 Å². The first kappa shape index (κ1) is 24.7. The van der Waals surface area contributed by atoms with Gasteiger partial charge in [-0.05, 0) is 6.42 Å². The van der Waals surface area contributed by atoms with Crippen molar-refractivity contribution in [1.29, 1.82) is 0 Å². The minimum atomic E-state index is -3.72. The van der Waals surface area contributed by atoms with Crippen molar-refractivity contribution in [3.8, 4) is 0 Å². The van der Waals surface area contributed by atoms with Gasteiger partial charge in [0.15, 0.2) is 12.0 Å². The first-order chi connectivity index (χ1) is 13.3. The number of aliphatic hydroxyl groups is 3. The van der Waals surface area contributed by atoms with E-state index >= 15 is 0 Å². The summed E-state index contributed by atoms with van der Waals surface area (Å²) in [7, 11) is 0. The lowest BCUT2D eigenvalue weighted by Gasteiger charge is -2.18. The van der Waals surface area contributed by atoms with Crippen LogP contribution in [0.3, 0.4) is 0 Å². The lowest BCUT2D eigenvalue weighted by atomic mass is 9.98. The maximum absolute atomic E-state index is 11.7. The van der Waals surface area contributed by atoms with Gasteiger partial charge in [-0.3, -0.25) is 9.59 Å². The fourth-order valence-corrected chi connectivity index (χ4v) is 3.25. The molecule has 162 valence electrons. The highest BCUT2D eigenvalue weighted by Gasteiger charge is 2.54. The second-order valence-electron chi connectivity index (χ2n) is 7.40. The molecular formula is C20H34O8. The molecule has 1 aliphatic heterocycles. The molecule has 0 aliphatic carbocycles. The van der Waals surface area contributed by atoms with Crippen LogP contribution < -0.4 is 0 Å². The zero-order valence-electron chi connectivity index (χ0n) is 16.7. The number of unbranched alkanes of at least 4 members (excludes halogenated alkanes) is 11. The third-order valence-electron chi connectivity index (χ3n) is 4.90. The summed E-state index contributed by atoms with van der Waals surface area (Å²) in [5.74, 6) is -9.54. The predicted molar refractivity (Wildman–Crippen MR) is 99.8 cm³/mol. The van der Waals surface area contributed by atoms with E-state index in [2.05, 4.69) is 11.7 Å². The summed E-state index contributed by atoms with van der Waals surface area (Å²) >= 11 is 0. The Balaban J connectivity index is 2.12. The lowest BCUT2D eigenvalue weighted by Crippen LogP contribution is -2.47. The first-order valence-electron chi connectivity index (χ1n) is 10.4. The van der Waals surface area contributed by atoms with E-state index in [1.54, 1.807) is 0 Å². The van der Waals surface area contributed by atoms with E-state index in [1.165, 1.54) is 51.4 Å². The molecule has 0 bridgehead atoms. The molecule has 0 aromatic rings. The van der Waals surface area contributed by atoms with Crippen LogP contribution in [0.25, 0.3) is 0 Å². The molecule has 3 N–H and O–H groups in total. The molecule has 1 heterocycles. The van der Waals surface area contributed by atoms with Crippen molar-refractivity contribution in [1.82, 2.24) is 0 Å². The van der Waals surface area contributed by atoms with E-state index in [9.17, 15) is 14.4 Å². The number of rotatable bonds is 16. The Kier molecular flexibility index (Phi) is 11.4. The van der Waals surface area contributed by atoms with Gasteiger partial charge < -0.3 is 24.8 Å². The van der Waals surface area contributed by atoms with Crippen LogP contribution in [-0.4, -0.2) is 51.7 Å².